The van der Waals surface area contributed by atoms with Gasteiger partial charge in [0.05, 0.1) is 0 Å². The van der Waals surface area contributed by atoms with Gasteiger partial charge in [-0.2, -0.15) is 0 Å². The molecule has 0 heterocycles. The Kier molecular flexibility index (Phi) is 3.18. The van der Waals surface area contributed by atoms with E-state index in [0.717, 1.165) is 6.42 Å². The summed E-state index contributed by atoms with van der Waals surface area (Å²) in [5.41, 5.74) is 10.6. The Morgan fingerprint density at radius 1 is 1.00 bits per heavy atom. The van der Waals surface area contributed by atoms with Crippen LogP contribution in [0.25, 0.3) is 11.1 Å². The Morgan fingerprint density at radius 3 is 2.58 bits per heavy atom. The molecule has 0 N–H and O–H groups in total. The molecule has 0 spiro atoms. The van der Waals surface area contributed by atoms with Crippen LogP contribution in [-0.2, 0) is 12.8 Å². The van der Waals surface area contributed by atoms with Crippen LogP contribution in [0.5, 0.6) is 0 Å². The van der Waals surface area contributed by atoms with Crippen molar-refractivity contribution in [2.45, 2.75) is 46.5 Å². The Labute approximate surface area is 116 Å². The van der Waals surface area contributed by atoms with E-state index < -0.39 is 0 Å². The smallest absolute Gasteiger partial charge is 0.00107 e. The molecule has 3 rings (SSSR count). The molecule has 0 heteroatoms. The summed E-state index contributed by atoms with van der Waals surface area (Å²) in [4.78, 5) is 0. The van der Waals surface area contributed by atoms with Crippen molar-refractivity contribution in [2.75, 3.05) is 0 Å². The molecule has 98 valence electrons. The SMILES string of the molecule is CCCCc1cc2c(c(C)c1C)Cc1ccccc1-2. The van der Waals surface area contributed by atoms with Gasteiger partial charge in [-0.15, -0.1) is 0 Å². The second kappa shape index (κ2) is 4.85. The molecule has 0 aliphatic heterocycles. The molecule has 0 saturated carbocycles. The Hall–Kier alpha value is -1.56. The third-order valence-corrected chi connectivity index (χ3v) is 4.61. The first-order valence-corrected chi connectivity index (χ1v) is 7.42. The number of unbranched alkanes of at least 4 members (excludes halogenated alkanes) is 1. The van der Waals surface area contributed by atoms with Crippen molar-refractivity contribution >= 4 is 0 Å². The highest BCUT2D eigenvalue weighted by Gasteiger charge is 2.21. The molecule has 2 aromatic rings. The molecule has 0 radical (unpaired) electrons. The molecule has 0 nitrogen and oxygen atoms in total. The van der Waals surface area contributed by atoms with Gasteiger partial charge in [0.2, 0.25) is 0 Å². The highest BCUT2D eigenvalue weighted by molar-refractivity contribution is 5.79. The second-order valence-electron chi connectivity index (χ2n) is 5.75. The summed E-state index contributed by atoms with van der Waals surface area (Å²) in [6.07, 6.45) is 4.90. The van der Waals surface area contributed by atoms with Gasteiger partial charge in [0.25, 0.3) is 0 Å². The third-order valence-electron chi connectivity index (χ3n) is 4.61. The highest BCUT2D eigenvalue weighted by Crippen LogP contribution is 2.40. The topological polar surface area (TPSA) is 0 Å². The van der Waals surface area contributed by atoms with Crippen molar-refractivity contribution in [1.82, 2.24) is 0 Å². The van der Waals surface area contributed by atoms with Crippen LogP contribution in [0.2, 0.25) is 0 Å². The predicted octanol–water partition coefficient (Wildman–Crippen LogP) is 5.22. The van der Waals surface area contributed by atoms with E-state index in [0.29, 0.717) is 0 Å². The standard InChI is InChI=1S/C19H22/c1-4-5-8-15-11-19-17-10-7-6-9-16(17)12-18(19)14(3)13(15)2/h6-7,9-11H,4-5,8,12H2,1-3H3. The molecule has 0 atom stereocenters. The maximum absolute atomic E-state index is 2.46. The van der Waals surface area contributed by atoms with Gasteiger partial charge in [0, 0.05) is 0 Å². The lowest BCUT2D eigenvalue weighted by atomic mass is 9.91. The van der Waals surface area contributed by atoms with Crippen molar-refractivity contribution in [1.29, 1.82) is 0 Å². The number of hydrogen-bond donors (Lipinski definition) is 0. The molecule has 0 saturated heterocycles. The summed E-state index contributed by atoms with van der Waals surface area (Å²) < 4.78 is 0. The normalized spacial score (nSPS) is 12.4. The minimum absolute atomic E-state index is 1.12. The number of hydrogen-bond acceptors (Lipinski definition) is 0. The van der Waals surface area contributed by atoms with Gasteiger partial charge in [0.1, 0.15) is 0 Å². The van der Waals surface area contributed by atoms with E-state index in [4.69, 9.17) is 0 Å². The molecule has 0 aromatic heterocycles. The van der Waals surface area contributed by atoms with Crippen molar-refractivity contribution in [3.8, 4) is 11.1 Å². The van der Waals surface area contributed by atoms with Gasteiger partial charge >= 0.3 is 0 Å². The molecule has 0 bridgehead atoms. The average Bonchev–Trinajstić information content (AvgIpc) is 2.80. The summed E-state index contributed by atoms with van der Waals surface area (Å²) in [5, 5.41) is 0. The van der Waals surface area contributed by atoms with Gasteiger partial charge < -0.3 is 0 Å². The fourth-order valence-electron chi connectivity index (χ4n) is 3.26. The Morgan fingerprint density at radius 2 is 1.79 bits per heavy atom. The van der Waals surface area contributed by atoms with E-state index in [1.54, 1.807) is 11.1 Å². The summed E-state index contributed by atoms with van der Waals surface area (Å²) in [7, 11) is 0. The maximum Gasteiger partial charge on any atom is -0.00107 e. The van der Waals surface area contributed by atoms with Crippen LogP contribution >= 0.6 is 0 Å². The molecule has 0 fully saturated rings. The van der Waals surface area contributed by atoms with Crippen molar-refractivity contribution in [3.05, 3.63) is 58.1 Å². The van der Waals surface area contributed by atoms with E-state index in [2.05, 4.69) is 51.1 Å². The highest BCUT2D eigenvalue weighted by atomic mass is 14.3. The van der Waals surface area contributed by atoms with Gasteiger partial charge in [0.15, 0.2) is 0 Å². The predicted molar refractivity (Wildman–Crippen MR) is 82.8 cm³/mol. The van der Waals surface area contributed by atoms with Crippen LogP contribution < -0.4 is 0 Å². The number of aryl methyl sites for hydroxylation is 1. The largest absolute Gasteiger partial charge is 0.0654 e. The maximum atomic E-state index is 2.46. The van der Waals surface area contributed by atoms with Crippen LogP contribution in [0, 0.1) is 13.8 Å². The summed E-state index contributed by atoms with van der Waals surface area (Å²) >= 11 is 0. The van der Waals surface area contributed by atoms with Crippen LogP contribution in [-0.4, -0.2) is 0 Å². The number of rotatable bonds is 3. The lowest BCUT2D eigenvalue weighted by Crippen LogP contribution is -1.97. The molecule has 1 aliphatic carbocycles. The van der Waals surface area contributed by atoms with E-state index >= 15 is 0 Å². The average molecular weight is 250 g/mol. The zero-order valence-corrected chi connectivity index (χ0v) is 12.2. The lowest BCUT2D eigenvalue weighted by molar-refractivity contribution is 0.790. The second-order valence-corrected chi connectivity index (χ2v) is 5.75. The van der Waals surface area contributed by atoms with Gasteiger partial charge in [-0.3, -0.25) is 0 Å². The van der Waals surface area contributed by atoms with Gasteiger partial charge in [-0.05, 0) is 72.1 Å². The third kappa shape index (κ3) is 2.00. The fourth-order valence-corrected chi connectivity index (χ4v) is 3.26. The minimum atomic E-state index is 1.12. The molecule has 0 unspecified atom stereocenters. The molecular formula is C19H22. The van der Waals surface area contributed by atoms with E-state index in [-0.39, 0.29) is 0 Å². The molecular weight excluding hydrogens is 228 g/mol. The summed E-state index contributed by atoms with van der Waals surface area (Å²) in [6, 6.07) is 11.3. The molecule has 2 aromatic carbocycles. The van der Waals surface area contributed by atoms with Crippen LogP contribution in [0.1, 0.15) is 47.6 Å². The summed E-state index contributed by atoms with van der Waals surface area (Å²) in [6.45, 7) is 6.87. The zero-order valence-electron chi connectivity index (χ0n) is 12.2. The first kappa shape index (κ1) is 12.5. The Bertz CT molecular complexity index is 620. The molecule has 1 aliphatic rings. The first-order valence-electron chi connectivity index (χ1n) is 7.42. The van der Waals surface area contributed by atoms with Gasteiger partial charge in [-0.1, -0.05) is 43.7 Å². The summed E-state index contributed by atoms with van der Waals surface area (Å²) in [5.74, 6) is 0. The van der Waals surface area contributed by atoms with E-state index in [1.807, 2.05) is 0 Å². The fraction of sp³-hybridized carbons (Fsp3) is 0.368. The monoisotopic (exact) mass is 250 g/mol. The van der Waals surface area contributed by atoms with E-state index in [1.165, 1.54) is 47.1 Å². The zero-order chi connectivity index (χ0) is 13.4. The van der Waals surface area contributed by atoms with E-state index in [9.17, 15) is 0 Å². The lowest BCUT2D eigenvalue weighted by Gasteiger charge is -2.14. The minimum Gasteiger partial charge on any atom is -0.0654 e. The van der Waals surface area contributed by atoms with Crippen molar-refractivity contribution in [2.24, 2.45) is 0 Å². The quantitative estimate of drug-likeness (QED) is 0.598. The van der Waals surface area contributed by atoms with Crippen molar-refractivity contribution < 1.29 is 0 Å². The van der Waals surface area contributed by atoms with Gasteiger partial charge in [-0.25, -0.2) is 0 Å². The first-order chi connectivity index (χ1) is 9.22. The Balaban J connectivity index is 2.13. The van der Waals surface area contributed by atoms with Crippen molar-refractivity contribution in [3.63, 3.8) is 0 Å². The number of benzene rings is 2. The van der Waals surface area contributed by atoms with Crippen LogP contribution in [0.15, 0.2) is 30.3 Å². The van der Waals surface area contributed by atoms with Crippen LogP contribution in [0.4, 0.5) is 0 Å². The molecule has 0 amide bonds. The number of fused-ring (bicyclic) bond motifs is 3. The molecule has 19 heavy (non-hydrogen) atoms. The van der Waals surface area contributed by atoms with Crippen LogP contribution in [0.3, 0.4) is 0 Å².